The average Bonchev–Trinajstić information content (AvgIpc) is 2.91. The zero-order chi connectivity index (χ0) is 18.8. The second-order valence-electron chi connectivity index (χ2n) is 6.27. The molecule has 1 N–H and O–H groups in total. The molecule has 0 saturated carbocycles. The maximum Gasteiger partial charge on any atom is 0.133 e. The Balaban J connectivity index is 0.000000970. The Bertz CT molecular complexity index is 593. The molecule has 0 atom stereocenters. The Morgan fingerprint density at radius 3 is 2.48 bits per heavy atom. The van der Waals surface area contributed by atoms with Crippen molar-refractivity contribution in [2.24, 2.45) is 4.99 Å². The molecule has 0 aliphatic carbocycles. The summed E-state index contributed by atoms with van der Waals surface area (Å²) in [6, 6.07) is 2.26. The van der Waals surface area contributed by atoms with Gasteiger partial charge in [0.05, 0.1) is 5.56 Å². The van der Waals surface area contributed by atoms with Crippen molar-refractivity contribution < 1.29 is 0 Å². The number of rotatable bonds is 4. The van der Waals surface area contributed by atoms with Crippen LogP contribution in [0.3, 0.4) is 0 Å². The maximum atomic E-state index is 4.61. The molecule has 1 aromatic rings. The van der Waals surface area contributed by atoms with E-state index in [1.54, 1.807) is 17.4 Å². The molecule has 1 aliphatic heterocycles. The number of aryl methyl sites for hydroxylation is 1. The number of thiophene rings is 1. The number of anilines is 1. The van der Waals surface area contributed by atoms with E-state index in [0.29, 0.717) is 0 Å². The summed E-state index contributed by atoms with van der Waals surface area (Å²) in [6.45, 7) is 16.0. The second kappa shape index (κ2) is 11.1. The lowest BCUT2D eigenvalue weighted by molar-refractivity contribution is 0.215. The highest BCUT2D eigenvalue weighted by Crippen LogP contribution is 2.30. The van der Waals surface area contributed by atoms with Crippen molar-refractivity contribution in [3.8, 4) is 0 Å². The number of hydrogen-bond acceptors (Lipinski definition) is 4. The quantitative estimate of drug-likeness (QED) is 0.482. The van der Waals surface area contributed by atoms with Gasteiger partial charge in [0, 0.05) is 43.8 Å². The van der Waals surface area contributed by atoms with Crippen LogP contribution in [0.1, 0.15) is 37.6 Å². The summed E-state index contributed by atoms with van der Waals surface area (Å²) in [6.07, 6.45) is 5.02. The SMILES string of the molecule is C=CC.CC/C=C(\C)Nc1sc(C)cc1C(=NC)N1CCN(C)CC1. The van der Waals surface area contributed by atoms with E-state index in [1.807, 2.05) is 14.0 Å². The Labute approximate surface area is 157 Å². The number of likely N-dealkylation sites (N-methyl/N-ethyl adjacent to an activating group) is 1. The van der Waals surface area contributed by atoms with Gasteiger partial charge in [-0.05, 0) is 40.3 Å². The van der Waals surface area contributed by atoms with Gasteiger partial charge in [0.1, 0.15) is 10.8 Å². The van der Waals surface area contributed by atoms with Gasteiger partial charge in [0.2, 0.25) is 0 Å². The van der Waals surface area contributed by atoms with Gasteiger partial charge < -0.3 is 15.1 Å². The lowest BCUT2D eigenvalue weighted by Gasteiger charge is -2.34. The van der Waals surface area contributed by atoms with Crippen LogP contribution in [0.25, 0.3) is 0 Å². The highest BCUT2D eigenvalue weighted by Gasteiger charge is 2.22. The van der Waals surface area contributed by atoms with Gasteiger partial charge in [-0.15, -0.1) is 17.9 Å². The minimum atomic E-state index is 1.04. The summed E-state index contributed by atoms with van der Waals surface area (Å²) in [5.74, 6) is 1.12. The van der Waals surface area contributed by atoms with E-state index in [4.69, 9.17) is 0 Å². The summed E-state index contributed by atoms with van der Waals surface area (Å²) in [4.78, 5) is 10.7. The van der Waals surface area contributed by atoms with E-state index in [9.17, 15) is 0 Å². The Morgan fingerprint density at radius 1 is 1.36 bits per heavy atom. The predicted molar refractivity (Wildman–Crippen MR) is 114 cm³/mol. The van der Waals surface area contributed by atoms with Crippen molar-refractivity contribution in [1.82, 2.24) is 9.80 Å². The fraction of sp³-hybridized carbons (Fsp3) is 0.550. The third kappa shape index (κ3) is 6.67. The molecule has 1 aliphatic rings. The molecule has 0 bridgehead atoms. The molecule has 1 fully saturated rings. The van der Waals surface area contributed by atoms with Crippen molar-refractivity contribution in [2.45, 2.75) is 34.1 Å². The van der Waals surface area contributed by atoms with Crippen LogP contribution < -0.4 is 5.32 Å². The summed E-state index contributed by atoms with van der Waals surface area (Å²) < 4.78 is 0. The Kier molecular flexibility index (Phi) is 9.53. The molecule has 2 rings (SSSR count). The molecule has 25 heavy (non-hydrogen) atoms. The zero-order valence-electron chi connectivity index (χ0n) is 16.7. The van der Waals surface area contributed by atoms with Crippen LogP contribution in [0.2, 0.25) is 0 Å². The number of nitrogens with zero attached hydrogens (tertiary/aromatic N) is 3. The predicted octanol–water partition coefficient (Wildman–Crippen LogP) is 4.60. The number of nitrogens with one attached hydrogen (secondary N) is 1. The fourth-order valence-electron chi connectivity index (χ4n) is 2.76. The molecular formula is C20H34N4S. The van der Waals surface area contributed by atoms with Crippen LogP contribution in [-0.4, -0.2) is 55.9 Å². The molecule has 4 nitrogen and oxygen atoms in total. The maximum absolute atomic E-state index is 4.61. The van der Waals surface area contributed by atoms with Crippen molar-refractivity contribution in [2.75, 3.05) is 45.6 Å². The van der Waals surface area contributed by atoms with E-state index in [0.717, 1.165) is 38.4 Å². The third-order valence-electron chi connectivity index (χ3n) is 3.93. The first-order valence-electron chi connectivity index (χ1n) is 8.98. The zero-order valence-corrected chi connectivity index (χ0v) is 17.5. The molecule has 0 radical (unpaired) electrons. The fourth-order valence-corrected chi connectivity index (χ4v) is 3.73. The van der Waals surface area contributed by atoms with Crippen LogP contribution in [0.5, 0.6) is 0 Å². The minimum Gasteiger partial charge on any atom is -0.354 e. The Hall–Kier alpha value is -1.59. The third-order valence-corrected chi connectivity index (χ3v) is 4.90. The highest BCUT2D eigenvalue weighted by atomic mass is 32.1. The standard InChI is InChI=1S/C17H28N4S.C3H6/c1-6-7-13(2)19-17-15(12-14(3)22-17)16(18-4)21-10-8-20(5)9-11-21;1-3-2/h7,12,19H,6,8-11H2,1-5H3;3H,1H2,2H3/b13-7+,18-16?;. The van der Waals surface area contributed by atoms with E-state index in [2.05, 4.69) is 66.6 Å². The van der Waals surface area contributed by atoms with E-state index in [1.165, 1.54) is 21.1 Å². The normalized spacial score (nSPS) is 16.3. The van der Waals surface area contributed by atoms with Gasteiger partial charge in [0.25, 0.3) is 0 Å². The first-order chi connectivity index (χ1) is 12.0. The number of allylic oxidation sites excluding steroid dienone is 3. The Morgan fingerprint density at radius 2 is 1.96 bits per heavy atom. The number of amidine groups is 1. The van der Waals surface area contributed by atoms with Gasteiger partial charge in [-0.1, -0.05) is 19.1 Å². The van der Waals surface area contributed by atoms with Gasteiger partial charge in [-0.2, -0.15) is 0 Å². The smallest absolute Gasteiger partial charge is 0.133 e. The molecular weight excluding hydrogens is 328 g/mol. The molecule has 1 aromatic heterocycles. The van der Waals surface area contributed by atoms with E-state index in [-0.39, 0.29) is 0 Å². The number of piperazine rings is 1. The van der Waals surface area contributed by atoms with Gasteiger partial charge in [-0.3, -0.25) is 4.99 Å². The van der Waals surface area contributed by atoms with E-state index < -0.39 is 0 Å². The highest BCUT2D eigenvalue weighted by molar-refractivity contribution is 7.16. The number of aliphatic imine (C=N–C) groups is 1. The largest absolute Gasteiger partial charge is 0.354 e. The van der Waals surface area contributed by atoms with Gasteiger partial charge in [-0.25, -0.2) is 0 Å². The lowest BCUT2D eigenvalue weighted by atomic mass is 10.2. The first kappa shape index (κ1) is 21.5. The van der Waals surface area contributed by atoms with Crippen LogP contribution in [0, 0.1) is 6.92 Å². The topological polar surface area (TPSA) is 30.9 Å². The molecule has 2 heterocycles. The average molecular weight is 363 g/mol. The first-order valence-corrected chi connectivity index (χ1v) is 9.80. The summed E-state index contributed by atoms with van der Waals surface area (Å²) >= 11 is 1.81. The molecule has 0 unspecified atom stereocenters. The van der Waals surface area contributed by atoms with Crippen LogP contribution in [-0.2, 0) is 0 Å². The number of hydrogen-bond donors (Lipinski definition) is 1. The van der Waals surface area contributed by atoms with Crippen LogP contribution in [0.15, 0.2) is 35.5 Å². The summed E-state index contributed by atoms with van der Waals surface area (Å²) in [7, 11) is 4.08. The minimum absolute atomic E-state index is 1.04. The molecule has 0 spiro atoms. The summed E-state index contributed by atoms with van der Waals surface area (Å²) in [5.41, 5.74) is 2.44. The van der Waals surface area contributed by atoms with Gasteiger partial charge >= 0.3 is 0 Å². The van der Waals surface area contributed by atoms with E-state index >= 15 is 0 Å². The van der Waals surface area contributed by atoms with Crippen molar-refractivity contribution >= 4 is 22.2 Å². The van der Waals surface area contributed by atoms with Crippen molar-refractivity contribution in [1.29, 1.82) is 0 Å². The monoisotopic (exact) mass is 362 g/mol. The van der Waals surface area contributed by atoms with Crippen LogP contribution >= 0.6 is 11.3 Å². The second-order valence-corrected chi connectivity index (χ2v) is 7.52. The van der Waals surface area contributed by atoms with Crippen molar-refractivity contribution in [3.63, 3.8) is 0 Å². The molecule has 140 valence electrons. The van der Waals surface area contributed by atoms with Crippen molar-refractivity contribution in [3.05, 3.63) is 40.9 Å². The van der Waals surface area contributed by atoms with Crippen LogP contribution in [0.4, 0.5) is 5.00 Å². The molecule has 0 amide bonds. The molecule has 0 aromatic carbocycles. The molecule has 1 saturated heterocycles. The lowest BCUT2D eigenvalue weighted by Crippen LogP contribution is -2.47. The molecule has 5 heteroatoms. The van der Waals surface area contributed by atoms with Gasteiger partial charge in [0.15, 0.2) is 0 Å². The summed E-state index contributed by atoms with van der Waals surface area (Å²) in [5, 5.41) is 4.76.